The Balaban J connectivity index is 1.96. The maximum Gasteiger partial charge on any atom is 0.251 e. The molecule has 150 valence electrons. The maximum absolute atomic E-state index is 12.1. The van der Waals surface area contributed by atoms with Crippen LogP contribution >= 0.6 is 0 Å². The number of benzene rings is 1. The SMILES string of the molecule is CCNC(=NCc1ccc(C(=O)NC(C)CC)cc1)NC1CCS(=O)(=O)C1. The molecule has 1 aliphatic heterocycles. The van der Waals surface area contributed by atoms with Gasteiger partial charge in [0, 0.05) is 24.2 Å². The molecule has 3 N–H and O–H groups in total. The molecule has 0 aliphatic carbocycles. The second kappa shape index (κ2) is 9.73. The van der Waals surface area contributed by atoms with Gasteiger partial charge in [0.1, 0.15) is 0 Å². The van der Waals surface area contributed by atoms with Crippen LogP contribution < -0.4 is 16.0 Å². The number of aliphatic imine (C=N–C) groups is 1. The number of carbonyl (C=O) groups excluding carboxylic acids is 1. The van der Waals surface area contributed by atoms with Crippen molar-refractivity contribution in [2.75, 3.05) is 18.1 Å². The molecule has 1 saturated heterocycles. The number of guanidine groups is 1. The van der Waals surface area contributed by atoms with E-state index in [4.69, 9.17) is 0 Å². The highest BCUT2D eigenvalue weighted by molar-refractivity contribution is 7.91. The van der Waals surface area contributed by atoms with Crippen molar-refractivity contribution < 1.29 is 13.2 Å². The molecule has 1 fully saturated rings. The number of nitrogens with zero attached hydrogens (tertiary/aromatic N) is 1. The van der Waals surface area contributed by atoms with Crippen LogP contribution in [0.25, 0.3) is 0 Å². The third kappa shape index (κ3) is 6.86. The van der Waals surface area contributed by atoms with Crippen molar-refractivity contribution in [2.45, 2.75) is 52.2 Å². The molecular formula is C19H30N4O3S. The van der Waals surface area contributed by atoms with Gasteiger partial charge in [0.2, 0.25) is 0 Å². The number of amides is 1. The fourth-order valence-corrected chi connectivity index (χ4v) is 4.44. The van der Waals surface area contributed by atoms with Crippen LogP contribution in [0, 0.1) is 0 Å². The predicted octanol–water partition coefficient (Wildman–Crippen LogP) is 1.46. The Bertz CT molecular complexity index is 760. The lowest BCUT2D eigenvalue weighted by Crippen LogP contribution is -2.44. The minimum Gasteiger partial charge on any atom is -0.357 e. The molecule has 1 amide bonds. The first kappa shape index (κ1) is 21.2. The van der Waals surface area contributed by atoms with Crippen LogP contribution in [-0.2, 0) is 16.4 Å². The molecule has 1 aromatic rings. The highest BCUT2D eigenvalue weighted by Gasteiger charge is 2.28. The summed E-state index contributed by atoms with van der Waals surface area (Å²) in [6.07, 6.45) is 1.49. The third-order valence-electron chi connectivity index (χ3n) is 4.54. The third-order valence-corrected chi connectivity index (χ3v) is 6.31. The second-order valence-electron chi connectivity index (χ2n) is 6.92. The quantitative estimate of drug-likeness (QED) is 0.480. The average Bonchev–Trinajstić information content (AvgIpc) is 2.98. The summed E-state index contributed by atoms with van der Waals surface area (Å²) in [4.78, 5) is 16.6. The predicted molar refractivity (Wildman–Crippen MR) is 109 cm³/mol. The summed E-state index contributed by atoms with van der Waals surface area (Å²) in [5.74, 6) is 0.914. The Morgan fingerprint density at radius 2 is 1.96 bits per heavy atom. The van der Waals surface area contributed by atoms with Crippen LogP contribution in [0.4, 0.5) is 0 Å². The van der Waals surface area contributed by atoms with E-state index in [-0.39, 0.29) is 29.5 Å². The molecule has 0 radical (unpaired) electrons. The highest BCUT2D eigenvalue weighted by Crippen LogP contribution is 2.11. The molecule has 2 rings (SSSR count). The Hall–Kier alpha value is -2.09. The van der Waals surface area contributed by atoms with Crippen molar-refractivity contribution in [1.29, 1.82) is 0 Å². The average molecular weight is 395 g/mol. The van der Waals surface area contributed by atoms with Gasteiger partial charge in [-0.1, -0.05) is 19.1 Å². The van der Waals surface area contributed by atoms with E-state index in [1.807, 2.05) is 32.9 Å². The van der Waals surface area contributed by atoms with Crippen LogP contribution in [0.15, 0.2) is 29.3 Å². The van der Waals surface area contributed by atoms with Gasteiger partial charge in [-0.2, -0.15) is 0 Å². The molecule has 27 heavy (non-hydrogen) atoms. The van der Waals surface area contributed by atoms with E-state index in [2.05, 4.69) is 20.9 Å². The molecule has 7 nitrogen and oxygen atoms in total. The van der Waals surface area contributed by atoms with Gasteiger partial charge in [-0.25, -0.2) is 13.4 Å². The Kier molecular flexibility index (Phi) is 7.65. The Morgan fingerprint density at radius 3 is 2.52 bits per heavy atom. The van der Waals surface area contributed by atoms with Gasteiger partial charge in [0.25, 0.3) is 5.91 Å². The monoisotopic (exact) mass is 394 g/mol. The number of hydrogen-bond donors (Lipinski definition) is 3. The van der Waals surface area contributed by atoms with Crippen molar-refractivity contribution in [3.05, 3.63) is 35.4 Å². The summed E-state index contributed by atoms with van der Waals surface area (Å²) in [5, 5.41) is 9.28. The second-order valence-corrected chi connectivity index (χ2v) is 9.15. The van der Waals surface area contributed by atoms with Gasteiger partial charge in [0.05, 0.1) is 18.1 Å². The van der Waals surface area contributed by atoms with Gasteiger partial charge in [-0.15, -0.1) is 0 Å². The van der Waals surface area contributed by atoms with Crippen molar-refractivity contribution >= 4 is 21.7 Å². The van der Waals surface area contributed by atoms with Crippen LogP contribution in [0.5, 0.6) is 0 Å². The smallest absolute Gasteiger partial charge is 0.251 e. The largest absolute Gasteiger partial charge is 0.357 e. The minimum absolute atomic E-state index is 0.0724. The summed E-state index contributed by atoms with van der Waals surface area (Å²) in [5.41, 5.74) is 1.61. The molecule has 2 atom stereocenters. The lowest BCUT2D eigenvalue weighted by atomic mass is 10.1. The molecule has 0 saturated carbocycles. The normalized spacial score (nSPS) is 20.1. The molecular weight excluding hydrogens is 364 g/mol. The zero-order valence-electron chi connectivity index (χ0n) is 16.3. The van der Waals surface area contributed by atoms with Crippen molar-refractivity contribution in [2.24, 2.45) is 4.99 Å². The standard InChI is InChI=1S/C19H30N4O3S/c1-4-14(3)22-18(24)16-8-6-15(7-9-16)12-21-19(20-5-2)23-17-10-11-27(25,26)13-17/h6-9,14,17H,4-5,10-13H2,1-3H3,(H,22,24)(H2,20,21,23). The minimum atomic E-state index is -2.93. The first-order valence-corrected chi connectivity index (χ1v) is 11.3. The van der Waals surface area contributed by atoms with Gasteiger partial charge >= 0.3 is 0 Å². The Labute approximate surface area is 162 Å². The zero-order valence-corrected chi connectivity index (χ0v) is 17.1. The highest BCUT2D eigenvalue weighted by atomic mass is 32.2. The molecule has 8 heteroatoms. The number of sulfone groups is 1. The van der Waals surface area contributed by atoms with Crippen LogP contribution in [0.2, 0.25) is 0 Å². The van der Waals surface area contributed by atoms with Crippen molar-refractivity contribution in [1.82, 2.24) is 16.0 Å². The van der Waals surface area contributed by atoms with E-state index >= 15 is 0 Å². The summed E-state index contributed by atoms with van der Waals surface area (Å²) in [7, 11) is -2.93. The van der Waals surface area contributed by atoms with Gasteiger partial charge in [-0.05, 0) is 44.4 Å². The molecule has 0 aromatic heterocycles. The maximum atomic E-state index is 12.1. The van der Waals surface area contributed by atoms with E-state index in [1.54, 1.807) is 12.1 Å². The van der Waals surface area contributed by atoms with Crippen LogP contribution in [-0.4, -0.2) is 50.4 Å². The van der Waals surface area contributed by atoms with Crippen molar-refractivity contribution in [3.8, 4) is 0 Å². The number of rotatable bonds is 7. The first-order valence-electron chi connectivity index (χ1n) is 9.48. The van der Waals surface area contributed by atoms with E-state index < -0.39 is 9.84 Å². The summed E-state index contributed by atoms with van der Waals surface area (Å²) in [6.45, 7) is 7.12. The molecule has 1 heterocycles. The van der Waals surface area contributed by atoms with Gasteiger partial charge < -0.3 is 16.0 Å². The molecule has 1 aliphatic rings. The Morgan fingerprint density at radius 1 is 1.26 bits per heavy atom. The van der Waals surface area contributed by atoms with E-state index in [0.717, 1.165) is 12.0 Å². The topological polar surface area (TPSA) is 99.7 Å². The van der Waals surface area contributed by atoms with E-state index in [9.17, 15) is 13.2 Å². The van der Waals surface area contributed by atoms with Gasteiger partial charge in [-0.3, -0.25) is 4.79 Å². The van der Waals surface area contributed by atoms with E-state index in [0.29, 0.717) is 31.0 Å². The van der Waals surface area contributed by atoms with Gasteiger partial charge in [0.15, 0.2) is 15.8 Å². The fraction of sp³-hybridized carbons (Fsp3) is 0.579. The first-order chi connectivity index (χ1) is 12.8. The van der Waals surface area contributed by atoms with Crippen molar-refractivity contribution in [3.63, 3.8) is 0 Å². The summed E-state index contributed by atoms with van der Waals surface area (Å²) < 4.78 is 23.2. The lowest BCUT2D eigenvalue weighted by Gasteiger charge is -2.16. The summed E-state index contributed by atoms with van der Waals surface area (Å²) >= 11 is 0. The zero-order chi connectivity index (χ0) is 19.9. The molecule has 1 aromatic carbocycles. The fourth-order valence-electron chi connectivity index (χ4n) is 2.76. The molecule has 0 spiro atoms. The number of hydrogen-bond acceptors (Lipinski definition) is 4. The number of nitrogens with one attached hydrogen (secondary N) is 3. The molecule has 2 unspecified atom stereocenters. The summed E-state index contributed by atoms with van der Waals surface area (Å²) in [6, 6.07) is 7.42. The van der Waals surface area contributed by atoms with E-state index in [1.165, 1.54) is 0 Å². The lowest BCUT2D eigenvalue weighted by molar-refractivity contribution is 0.0939. The van der Waals surface area contributed by atoms with Crippen LogP contribution in [0.3, 0.4) is 0 Å². The molecule has 0 bridgehead atoms. The number of carbonyl (C=O) groups is 1. The van der Waals surface area contributed by atoms with Crippen LogP contribution in [0.1, 0.15) is 49.5 Å².